The molecule has 0 aliphatic heterocycles. The third kappa shape index (κ3) is 4.17. The standard InChI is InChI=1S/C21H23N3O2/c1-15-9-11-18(12-10-15)21-23-22-19(26-21)13-14-20(25)24(3)16(2)17-7-5-4-6-8-17/h4-12,16H,13-14H2,1-3H3/t16-/m1/s1. The van der Waals surface area contributed by atoms with Crippen molar-refractivity contribution in [2.45, 2.75) is 32.7 Å². The highest BCUT2D eigenvalue weighted by Gasteiger charge is 2.18. The van der Waals surface area contributed by atoms with Gasteiger partial charge < -0.3 is 9.32 Å². The van der Waals surface area contributed by atoms with Gasteiger partial charge in [-0.05, 0) is 31.5 Å². The molecule has 0 aliphatic carbocycles. The smallest absolute Gasteiger partial charge is 0.247 e. The summed E-state index contributed by atoms with van der Waals surface area (Å²) in [6.45, 7) is 4.05. The van der Waals surface area contributed by atoms with Gasteiger partial charge in [-0.25, -0.2) is 0 Å². The summed E-state index contributed by atoms with van der Waals surface area (Å²) in [4.78, 5) is 14.2. The Bertz CT molecular complexity index is 856. The highest BCUT2D eigenvalue weighted by Crippen LogP contribution is 2.21. The van der Waals surface area contributed by atoms with Crippen LogP contribution in [0.4, 0.5) is 0 Å². The summed E-state index contributed by atoms with van der Waals surface area (Å²) in [5.41, 5.74) is 3.17. The van der Waals surface area contributed by atoms with Crippen molar-refractivity contribution in [1.82, 2.24) is 15.1 Å². The molecule has 134 valence electrons. The quantitative estimate of drug-likeness (QED) is 0.669. The van der Waals surface area contributed by atoms with Crippen molar-refractivity contribution < 1.29 is 9.21 Å². The average Bonchev–Trinajstić information content (AvgIpc) is 3.15. The molecule has 1 aromatic heterocycles. The molecule has 1 atom stereocenters. The predicted octanol–water partition coefficient (Wildman–Crippen LogP) is 4.20. The summed E-state index contributed by atoms with van der Waals surface area (Å²) in [6, 6.07) is 17.9. The van der Waals surface area contributed by atoms with E-state index in [9.17, 15) is 4.79 Å². The first-order chi connectivity index (χ1) is 12.5. The van der Waals surface area contributed by atoms with Gasteiger partial charge in [0, 0.05) is 25.5 Å². The molecule has 5 heteroatoms. The monoisotopic (exact) mass is 349 g/mol. The summed E-state index contributed by atoms with van der Waals surface area (Å²) >= 11 is 0. The second-order valence-electron chi connectivity index (χ2n) is 6.46. The Labute approximate surface area is 153 Å². The third-order valence-corrected chi connectivity index (χ3v) is 4.57. The van der Waals surface area contributed by atoms with E-state index in [1.807, 2.05) is 75.5 Å². The average molecular weight is 349 g/mol. The van der Waals surface area contributed by atoms with Gasteiger partial charge in [-0.3, -0.25) is 4.79 Å². The fourth-order valence-corrected chi connectivity index (χ4v) is 2.73. The maximum Gasteiger partial charge on any atom is 0.247 e. The van der Waals surface area contributed by atoms with Crippen LogP contribution >= 0.6 is 0 Å². The number of aromatic nitrogens is 2. The zero-order valence-electron chi connectivity index (χ0n) is 15.3. The van der Waals surface area contributed by atoms with E-state index in [4.69, 9.17) is 4.42 Å². The maximum atomic E-state index is 12.5. The molecule has 0 saturated carbocycles. The summed E-state index contributed by atoms with van der Waals surface area (Å²) in [7, 11) is 1.82. The first-order valence-corrected chi connectivity index (χ1v) is 8.74. The third-order valence-electron chi connectivity index (χ3n) is 4.57. The van der Waals surface area contributed by atoms with E-state index >= 15 is 0 Å². The molecule has 0 N–H and O–H groups in total. The highest BCUT2D eigenvalue weighted by molar-refractivity contribution is 5.76. The maximum absolute atomic E-state index is 12.5. The molecule has 0 fully saturated rings. The predicted molar refractivity (Wildman–Crippen MR) is 100 cm³/mol. The van der Waals surface area contributed by atoms with Crippen LogP contribution in [-0.4, -0.2) is 28.1 Å². The Morgan fingerprint density at radius 3 is 2.46 bits per heavy atom. The minimum Gasteiger partial charge on any atom is -0.421 e. The molecule has 0 saturated heterocycles. The van der Waals surface area contributed by atoms with E-state index in [1.54, 1.807) is 4.90 Å². The van der Waals surface area contributed by atoms with Gasteiger partial charge in [0.05, 0.1) is 6.04 Å². The molecule has 5 nitrogen and oxygen atoms in total. The summed E-state index contributed by atoms with van der Waals surface area (Å²) < 4.78 is 5.69. The van der Waals surface area contributed by atoms with Gasteiger partial charge >= 0.3 is 0 Å². The number of aryl methyl sites for hydroxylation is 2. The van der Waals surface area contributed by atoms with Crippen LogP contribution in [0.1, 0.15) is 36.4 Å². The molecule has 2 aromatic carbocycles. The molecular weight excluding hydrogens is 326 g/mol. The van der Waals surface area contributed by atoms with Gasteiger partial charge in [-0.15, -0.1) is 10.2 Å². The Morgan fingerprint density at radius 1 is 1.08 bits per heavy atom. The summed E-state index contributed by atoms with van der Waals surface area (Å²) in [5.74, 6) is 1.02. The zero-order valence-corrected chi connectivity index (χ0v) is 15.3. The number of amides is 1. The molecule has 3 rings (SSSR count). The van der Waals surface area contributed by atoms with Crippen LogP contribution in [-0.2, 0) is 11.2 Å². The second-order valence-corrected chi connectivity index (χ2v) is 6.46. The van der Waals surface area contributed by atoms with Gasteiger partial charge in [0.2, 0.25) is 17.7 Å². The van der Waals surface area contributed by atoms with Crippen LogP contribution in [0.5, 0.6) is 0 Å². The van der Waals surface area contributed by atoms with Crippen molar-refractivity contribution in [3.05, 3.63) is 71.6 Å². The second kappa shape index (κ2) is 7.95. The molecule has 0 unspecified atom stereocenters. The molecule has 1 heterocycles. The minimum atomic E-state index is 0.0227. The Hall–Kier alpha value is -2.95. The fraction of sp³-hybridized carbons (Fsp3) is 0.286. The van der Waals surface area contributed by atoms with E-state index < -0.39 is 0 Å². The van der Waals surface area contributed by atoms with Gasteiger partial charge in [-0.1, -0.05) is 48.0 Å². The van der Waals surface area contributed by atoms with E-state index in [0.29, 0.717) is 24.6 Å². The van der Waals surface area contributed by atoms with Crippen molar-refractivity contribution in [3.63, 3.8) is 0 Å². The van der Waals surface area contributed by atoms with Crippen molar-refractivity contribution in [2.75, 3.05) is 7.05 Å². The SMILES string of the molecule is Cc1ccc(-c2nnc(CCC(=O)N(C)[C@H](C)c3ccccc3)o2)cc1. The Kier molecular flexibility index (Phi) is 5.46. The molecule has 3 aromatic rings. The first kappa shape index (κ1) is 17.9. The van der Waals surface area contributed by atoms with Crippen LogP contribution in [0.3, 0.4) is 0 Å². The fourth-order valence-electron chi connectivity index (χ4n) is 2.73. The lowest BCUT2D eigenvalue weighted by Gasteiger charge is -2.25. The zero-order chi connectivity index (χ0) is 18.5. The molecule has 1 amide bonds. The van der Waals surface area contributed by atoms with Gasteiger partial charge in [-0.2, -0.15) is 0 Å². The lowest BCUT2D eigenvalue weighted by atomic mass is 10.1. The number of carbonyl (C=O) groups excluding carboxylic acids is 1. The number of rotatable bonds is 6. The molecule has 0 bridgehead atoms. The number of benzene rings is 2. The van der Waals surface area contributed by atoms with E-state index in [0.717, 1.165) is 11.1 Å². The van der Waals surface area contributed by atoms with Crippen molar-refractivity contribution in [3.8, 4) is 11.5 Å². The van der Waals surface area contributed by atoms with Gasteiger partial charge in [0.15, 0.2) is 0 Å². The van der Waals surface area contributed by atoms with Gasteiger partial charge in [0.1, 0.15) is 0 Å². The molecular formula is C21H23N3O2. The number of hydrogen-bond donors (Lipinski definition) is 0. The summed E-state index contributed by atoms with van der Waals surface area (Å²) in [6.07, 6.45) is 0.771. The largest absolute Gasteiger partial charge is 0.421 e. The molecule has 0 radical (unpaired) electrons. The van der Waals surface area contributed by atoms with Crippen molar-refractivity contribution >= 4 is 5.91 Å². The highest BCUT2D eigenvalue weighted by atomic mass is 16.4. The minimum absolute atomic E-state index is 0.0227. The lowest BCUT2D eigenvalue weighted by molar-refractivity contribution is -0.131. The lowest BCUT2D eigenvalue weighted by Crippen LogP contribution is -2.29. The molecule has 26 heavy (non-hydrogen) atoms. The van der Waals surface area contributed by atoms with Crippen molar-refractivity contribution in [1.29, 1.82) is 0 Å². The van der Waals surface area contributed by atoms with Crippen LogP contribution in [0.15, 0.2) is 59.0 Å². The van der Waals surface area contributed by atoms with Crippen LogP contribution in [0.25, 0.3) is 11.5 Å². The van der Waals surface area contributed by atoms with Crippen LogP contribution in [0.2, 0.25) is 0 Å². The van der Waals surface area contributed by atoms with E-state index in [-0.39, 0.29) is 11.9 Å². The summed E-state index contributed by atoms with van der Waals surface area (Å²) in [5, 5.41) is 8.14. The van der Waals surface area contributed by atoms with Gasteiger partial charge in [0.25, 0.3) is 0 Å². The van der Waals surface area contributed by atoms with Crippen LogP contribution in [0, 0.1) is 6.92 Å². The number of hydrogen-bond acceptors (Lipinski definition) is 4. The number of nitrogens with zero attached hydrogens (tertiary/aromatic N) is 3. The Morgan fingerprint density at radius 2 is 1.77 bits per heavy atom. The van der Waals surface area contributed by atoms with Crippen molar-refractivity contribution in [2.24, 2.45) is 0 Å². The molecule has 0 spiro atoms. The normalized spacial score (nSPS) is 12.0. The first-order valence-electron chi connectivity index (χ1n) is 8.74. The topological polar surface area (TPSA) is 59.2 Å². The Balaban J connectivity index is 1.58. The van der Waals surface area contributed by atoms with E-state index in [2.05, 4.69) is 10.2 Å². The van der Waals surface area contributed by atoms with Crippen LogP contribution < -0.4 is 0 Å². The molecule has 0 aliphatic rings. The van der Waals surface area contributed by atoms with E-state index in [1.165, 1.54) is 5.56 Å². The number of carbonyl (C=O) groups is 1.